The van der Waals surface area contributed by atoms with Crippen molar-refractivity contribution in [1.29, 1.82) is 0 Å². The number of dihydropyridines is 1. The van der Waals surface area contributed by atoms with Crippen molar-refractivity contribution in [1.82, 2.24) is 4.90 Å². The number of carbonyl (C=O) groups is 2. The molecule has 1 aromatic rings. The second-order valence-corrected chi connectivity index (χ2v) is 6.78. The van der Waals surface area contributed by atoms with Gasteiger partial charge in [0.05, 0.1) is 14.1 Å². The number of allylic oxidation sites excluding steroid dienone is 1. The molecule has 23 heavy (non-hydrogen) atoms. The number of urea groups is 1. The van der Waals surface area contributed by atoms with Gasteiger partial charge in [-0.05, 0) is 23.8 Å². The molecule has 2 aliphatic heterocycles. The highest BCUT2D eigenvalue weighted by Crippen LogP contribution is 2.33. The number of halogens is 1. The van der Waals surface area contributed by atoms with Crippen LogP contribution in [-0.2, 0) is 10.5 Å². The number of imide groups is 1. The Kier molecular flexibility index (Phi) is 4.37. The van der Waals surface area contributed by atoms with Gasteiger partial charge in [-0.25, -0.2) is 4.79 Å². The maximum absolute atomic E-state index is 12.5. The monoisotopic (exact) mass is 348 g/mol. The minimum Gasteiger partial charge on any atom is -0.255 e. The zero-order valence-corrected chi connectivity index (χ0v) is 14.3. The average Bonchev–Trinajstić information content (AvgIpc) is 2.57. The molecule has 0 spiro atoms. The Morgan fingerprint density at radius 1 is 1.30 bits per heavy atom. The Balaban J connectivity index is 1.84. The number of nitrogens with zero attached hydrogens (tertiary/aromatic N) is 3. The first-order chi connectivity index (χ1) is 11.0. The van der Waals surface area contributed by atoms with Crippen molar-refractivity contribution in [2.75, 3.05) is 14.1 Å². The molecule has 0 radical (unpaired) electrons. The van der Waals surface area contributed by atoms with Crippen molar-refractivity contribution in [3.05, 3.63) is 45.8 Å². The van der Waals surface area contributed by atoms with Crippen LogP contribution in [0.2, 0.25) is 5.02 Å². The number of benzene rings is 1. The van der Waals surface area contributed by atoms with E-state index in [0.717, 1.165) is 21.1 Å². The van der Waals surface area contributed by atoms with E-state index >= 15 is 0 Å². The standard InChI is InChI=1S/C16H15ClN3O2S/c1-19-14-13(15(21)20(2)16(19)22)12(7-8-18-14)23-9-10-3-5-11(17)6-4-10/h3-8,13H,9H2,1-2H3/q+1. The summed E-state index contributed by atoms with van der Waals surface area (Å²) >= 11 is 7.46. The molecule has 0 aromatic heterocycles. The molecule has 7 heteroatoms. The fourth-order valence-corrected chi connectivity index (χ4v) is 3.67. The lowest BCUT2D eigenvalue weighted by molar-refractivity contribution is -0.407. The quantitative estimate of drug-likeness (QED) is 0.789. The lowest BCUT2D eigenvalue weighted by Crippen LogP contribution is -2.52. The van der Waals surface area contributed by atoms with Crippen molar-refractivity contribution in [3.8, 4) is 0 Å². The Labute approximate surface area is 143 Å². The molecule has 0 aliphatic carbocycles. The average molecular weight is 349 g/mol. The highest BCUT2D eigenvalue weighted by molar-refractivity contribution is 8.02. The maximum atomic E-state index is 12.5. The summed E-state index contributed by atoms with van der Waals surface area (Å²) in [7, 11) is 3.13. The van der Waals surface area contributed by atoms with E-state index in [4.69, 9.17) is 11.6 Å². The van der Waals surface area contributed by atoms with E-state index in [1.165, 1.54) is 11.6 Å². The van der Waals surface area contributed by atoms with Gasteiger partial charge in [0.1, 0.15) is 6.21 Å². The summed E-state index contributed by atoms with van der Waals surface area (Å²) in [5.74, 6) is 0.453. The third kappa shape index (κ3) is 2.96. The van der Waals surface area contributed by atoms with Crippen LogP contribution in [0.15, 0.2) is 40.2 Å². The molecular formula is C16H15ClN3O2S+. The lowest BCUT2D eigenvalue weighted by Gasteiger charge is -2.26. The first kappa shape index (κ1) is 16.0. The van der Waals surface area contributed by atoms with Crippen LogP contribution in [0.25, 0.3) is 0 Å². The van der Waals surface area contributed by atoms with E-state index in [0.29, 0.717) is 10.9 Å². The van der Waals surface area contributed by atoms with Crippen LogP contribution in [0.1, 0.15) is 5.56 Å². The zero-order chi connectivity index (χ0) is 16.6. The van der Waals surface area contributed by atoms with Crippen LogP contribution in [0.3, 0.4) is 0 Å². The highest BCUT2D eigenvalue weighted by Gasteiger charge is 2.46. The molecule has 2 heterocycles. The predicted octanol–water partition coefficient (Wildman–Crippen LogP) is 2.79. The van der Waals surface area contributed by atoms with E-state index in [9.17, 15) is 9.59 Å². The largest absolute Gasteiger partial charge is 0.445 e. The second kappa shape index (κ2) is 6.29. The fraction of sp³-hybridized carbons (Fsp3) is 0.250. The molecule has 0 saturated carbocycles. The third-order valence-electron chi connectivity index (χ3n) is 3.80. The molecule has 2 aliphatic rings. The van der Waals surface area contributed by atoms with Crippen molar-refractivity contribution in [2.45, 2.75) is 5.75 Å². The van der Waals surface area contributed by atoms with Crippen molar-refractivity contribution < 1.29 is 14.2 Å². The number of hydrogen-bond donors (Lipinski definition) is 0. The number of rotatable bonds is 3. The Morgan fingerprint density at radius 2 is 2.00 bits per heavy atom. The van der Waals surface area contributed by atoms with Gasteiger partial charge in [0.2, 0.25) is 0 Å². The van der Waals surface area contributed by atoms with Gasteiger partial charge in [-0.2, -0.15) is 9.48 Å². The van der Waals surface area contributed by atoms with Gasteiger partial charge in [0, 0.05) is 15.7 Å². The molecule has 1 unspecified atom stereocenters. The molecule has 1 aromatic carbocycles. The summed E-state index contributed by atoms with van der Waals surface area (Å²) < 4.78 is 1.43. The van der Waals surface area contributed by atoms with E-state index < -0.39 is 5.92 Å². The summed E-state index contributed by atoms with van der Waals surface area (Å²) in [6, 6.07) is 7.25. The molecule has 3 amide bonds. The van der Waals surface area contributed by atoms with E-state index in [2.05, 4.69) is 4.99 Å². The lowest BCUT2D eigenvalue weighted by atomic mass is 10.0. The minimum absolute atomic E-state index is 0.241. The number of aliphatic imine (C=N–C) groups is 1. The molecule has 0 saturated heterocycles. The number of amidine groups is 1. The van der Waals surface area contributed by atoms with E-state index in [1.54, 1.807) is 25.0 Å². The van der Waals surface area contributed by atoms with Crippen LogP contribution < -0.4 is 0 Å². The number of amides is 3. The minimum atomic E-state index is -0.509. The highest BCUT2D eigenvalue weighted by atomic mass is 35.5. The topological polar surface area (TPSA) is 52.8 Å². The van der Waals surface area contributed by atoms with Gasteiger partial charge in [0.25, 0.3) is 5.84 Å². The SMILES string of the molecule is CN1C(=O)C2C(SCc3ccc(Cl)cc3)=CC=NC2=[N+](C)C1=O. The van der Waals surface area contributed by atoms with Gasteiger partial charge >= 0.3 is 11.9 Å². The maximum Gasteiger partial charge on any atom is 0.445 e. The number of fused-ring (bicyclic) bond motifs is 1. The number of carbonyl (C=O) groups excluding carboxylic acids is 2. The molecule has 3 rings (SSSR count). The molecule has 0 fully saturated rings. The van der Waals surface area contributed by atoms with Crippen LogP contribution >= 0.6 is 23.4 Å². The summed E-state index contributed by atoms with van der Waals surface area (Å²) in [5, 5.41) is 0.697. The normalized spacial score (nSPS) is 20.7. The number of thioether (sulfide) groups is 1. The fourth-order valence-electron chi connectivity index (χ4n) is 2.49. The predicted molar refractivity (Wildman–Crippen MR) is 92.2 cm³/mol. The summed E-state index contributed by atoms with van der Waals surface area (Å²) in [6.45, 7) is 0. The third-order valence-corrected chi connectivity index (χ3v) is 5.24. The van der Waals surface area contributed by atoms with Gasteiger partial charge in [-0.3, -0.25) is 4.79 Å². The zero-order valence-electron chi connectivity index (χ0n) is 12.7. The van der Waals surface area contributed by atoms with Crippen LogP contribution in [0, 0.1) is 5.92 Å². The Hall–Kier alpha value is -1.92. The molecule has 1 atom stereocenters. The smallest absolute Gasteiger partial charge is 0.255 e. The van der Waals surface area contributed by atoms with Crippen LogP contribution in [0.4, 0.5) is 4.79 Å². The van der Waals surface area contributed by atoms with Crippen molar-refractivity contribution in [2.24, 2.45) is 10.9 Å². The number of hydrogen-bond acceptors (Lipinski definition) is 4. The van der Waals surface area contributed by atoms with Gasteiger partial charge < -0.3 is 0 Å². The molecular weight excluding hydrogens is 334 g/mol. The van der Waals surface area contributed by atoms with Crippen molar-refractivity contribution in [3.63, 3.8) is 0 Å². The molecule has 118 valence electrons. The van der Waals surface area contributed by atoms with Gasteiger partial charge in [-0.15, -0.1) is 16.8 Å². The first-order valence-corrected chi connectivity index (χ1v) is 8.39. The van der Waals surface area contributed by atoms with Crippen LogP contribution in [0.5, 0.6) is 0 Å². The molecule has 0 N–H and O–H groups in total. The summed E-state index contributed by atoms with van der Waals surface area (Å²) in [5.41, 5.74) is 1.12. The summed E-state index contributed by atoms with van der Waals surface area (Å²) in [4.78, 5) is 30.8. The second-order valence-electron chi connectivity index (χ2n) is 5.29. The van der Waals surface area contributed by atoms with Crippen LogP contribution in [-0.4, -0.2) is 47.6 Å². The summed E-state index contributed by atoms with van der Waals surface area (Å²) in [6.07, 6.45) is 3.47. The Bertz CT molecular complexity index is 768. The molecule has 5 nitrogen and oxygen atoms in total. The van der Waals surface area contributed by atoms with Gasteiger partial charge in [-0.1, -0.05) is 23.7 Å². The molecule has 0 bridgehead atoms. The van der Waals surface area contributed by atoms with Gasteiger partial charge in [0.15, 0.2) is 5.92 Å². The Morgan fingerprint density at radius 3 is 2.70 bits per heavy atom. The van der Waals surface area contributed by atoms with Crippen molar-refractivity contribution >= 4 is 47.4 Å². The first-order valence-electron chi connectivity index (χ1n) is 7.02. The van der Waals surface area contributed by atoms with E-state index in [1.807, 2.05) is 30.3 Å². The van der Waals surface area contributed by atoms with E-state index in [-0.39, 0.29) is 11.9 Å².